The number of aryl methyl sites for hydroxylation is 1. The summed E-state index contributed by atoms with van der Waals surface area (Å²) in [7, 11) is 0. The van der Waals surface area contributed by atoms with E-state index in [9.17, 15) is 19.8 Å². The predicted octanol–water partition coefficient (Wildman–Crippen LogP) is 10.9. The molecule has 0 radical (unpaired) electrons. The van der Waals surface area contributed by atoms with Crippen LogP contribution in [0.5, 0.6) is 11.6 Å². The molecule has 2 aliphatic carbocycles. The second-order valence-electron chi connectivity index (χ2n) is 24.1. The Morgan fingerprint density at radius 2 is 1.59 bits per heavy atom. The van der Waals surface area contributed by atoms with Gasteiger partial charge in [-0.25, -0.2) is 9.97 Å². The fourth-order valence-electron chi connectivity index (χ4n) is 13.4. The minimum Gasteiger partial charge on any atom is -0.507 e. The first-order chi connectivity index (χ1) is 41.3. The third kappa shape index (κ3) is 14.3. The van der Waals surface area contributed by atoms with E-state index in [-0.39, 0.29) is 36.1 Å². The Balaban J connectivity index is 0.000000181. The lowest BCUT2D eigenvalue weighted by atomic mass is 9.85. The molecule has 4 atom stereocenters. The van der Waals surface area contributed by atoms with Crippen molar-refractivity contribution in [3.8, 4) is 33.3 Å². The molecule has 7 aliphatic rings. The van der Waals surface area contributed by atoms with Gasteiger partial charge in [0.05, 0.1) is 46.0 Å². The van der Waals surface area contributed by atoms with Gasteiger partial charge in [-0.2, -0.15) is 0 Å². The Morgan fingerprint density at radius 3 is 2.24 bits per heavy atom. The maximum atomic E-state index is 13.4. The molecule has 2 amide bonds. The molecule has 9 heterocycles. The van der Waals surface area contributed by atoms with Crippen molar-refractivity contribution in [1.82, 2.24) is 40.4 Å². The zero-order valence-electron chi connectivity index (χ0n) is 50.5. The minimum atomic E-state index is -0.478. The molecule has 454 valence electrons. The number of amides is 2. The van der Waals surface area contributed by atoms with Crippen LogP contribution in [0.2, 0.25) is 0 Å². The summed E-state index contributed by atoms with van der Waals surface area (Å²) in [6, 6.07) is 23.6. The normalized spacial score (nSPS) is 21.5. The largest absolute Gasteiger partial charge is 0.507 e. The molecular formula is C66H88N12O6S. The molecule has 2 saturated carbocycles. The molecule has 4 unspecified atom stereocenters. The number of aromatic hydroxyl groups is 1. The van der Waals surface area contributed by atoms with E-state index < -0.39 is 6.04 Å². The number of carbonyl (C=O) groups excluding carboxylic acids is 2. The number of carbonyl (C=O) groups is 2. The molecule has 85 heavy (non-hydrogen) atoms. The number of hydrogen-bond donors (Lipinski definition) is 4. The second kappa shape index (κ2) is 28.0. The molecule has 19 heteroatoms. The molecule has 2 aromatic carbocycles. The van der Waals surface area contributed by atoms with Crippen molar-refractivity contribution in [3.63, 3.8) is 0 Å². The van der Waals surface area contributed by atoms with Crippen LogP contribution in [0, 0.1) is 12.8 Å². The van der Waals surface area contributed by atoms with Crippen molar-refractivity contribution >= 4 is 46.2 Å². The fourth-order valence-corrected chi connectivity index (χ4v) is 14.2. The monoisotopic (exact) mass is 1180 g/mol. The number of piperazine rings is 1. The SMILES string of the molecule is C=CC.CCC.Cc1ncsc1-c1ccc(C(C)NC(=O)C2CCCN2C(=O)Cc2cc(N3CCC(C4(N5CCC(O)CC5)CC4)CC3)no2)cc1.Nc1nnc(-c2ccccc2O)cc1N1CC2CCC(C1)N2c1ccnc(OC2CCC2)c1. The number of thiazole rings is 1. The number of phenolic OH excluding ortho intramolecular Hbond substituents is 1. The summed E-state index contributed by atoms with van der Waals surface area (Å²) >= 11 is 1.62. The van der Waals surface area contributed by atoms with Gasteiger partial charge in [0.1, 0.15) is 23.7 Å². The number of para-hydroxylation sites is 1. The molecule has 18 nitrogen and oxygen atoms in total. The number of anilines is 4. The number of nitrogens with zero attached hydrogens (tertiary/aromatic N) is 10. The van der Waals surface area contributed by atoms with E-state index in [1.54, 1.807) is 34.4 Å². The Hall–Kier alpha value is -7.09. The average molecular weight is 1180 g/mol. The summed E-state index contributed by atoms with van der Waals surface area (Å²) in [6.45, 7) is 19.7. The van der Waals surface area contributed by atoms with E-state index in [1.165, 1.54) is 31.4 Å². The third-order valence-electron chi connectivity index (χ3n) is 18.1. The molecule has 6 aromatic rings. The molecule has 2 bridgehead atoms. The van der Waals surface area contributed by atoms with E-state index in [4.69, 9.17) is 15.0 Å². The van der Waals surface area contributed by atoms with Crippen LogP contribution in [0.3, 0.4) is 0 Å². The number of nitrogens with one attached hydrogen (secondary N) is 1. The van der Waals surface area contributed by atoms with Gasteiger partial charge in [0.15, 0.2) is 11.6 Å². The van der Waals surface area contributed by atoms with E-state index in [1.807, 2.05) is 68.9 Å². The zero-order valence-corrected chi connectivity index (χ0v) is 51.3. The second-order valence-corrected chi connectivity index (χ2v) is 25.0. The first kappa shape index (κ1) is 61.0. The van der Waals surface area contributed by atoms with Crippen molar-refractivity contribution in [2.75, 3.05) is 66.2 Å². The lowest BCUT2D eigenvalue weighted by molar-refractivity contribution is -0.138. The van der Waals surface area contributed by atoms with Crippen LogP contribution in [-0.4, -0.2) is 139 Å². The van der Waals surface area contributed by atoms with Gasteiger partial charge in [-0.3, -0.25) is 14.5 Å². The summed E-state index contributed by atoms with van der Waals surface area (Å²) in [5.74, 6) is 3.15. The van der Waals surface area contributed by atoms with Crippen LogP contribution < -0.4 is 30.5 Å². The Bertz CT molecular complexity index is 3150. The number of allylic oxidation sites excluding steroid dienone is 1. The van der Waals surface area contributed by atoms with Crippen LogP contribution in [0.4, 0.5) is 23.0 Å². The molecular weight excluding hydrogens is 1090 g/mol. The van der Waals surface area contributed by atoms with E-state index in [2.05, 4.69) is 94.9 Å². The third-order valence-corrected chi connectivity index (χ3v) is 19.1. The number of pyridine rings is 1. The number of nitrogen functional groups attached to an aromatic ring is 1. The number of phenols is 1. The van der Waals surface area contributed by atoms with Gasteiger partial charge in [0.2, 0.25) is 17.7 Å². The van der Waals surface area contributed by atoms with Gasteiger partial charge in [-0.1, -0.05) is 67.9 Å². The van der Waals surface area contributed by atoms with Gasteiger partial charge in [0, 0.05) is 93.0 Å². The molecule has 5 saturated heterocycles. The zero-order chi connectivity index (χ0) is 59.6. The Kier molecular flexibility index (Phi) is 20.1. The summed E-state index contributed by atoms with van der Waals surface area (Å²) in [5, 5.41) is 36.1. The lowest BCUT2D eigenvalue weighted by Gasteiger charge is -2.44. The van der Waals surface area contributed by atoms with Crippen molar-refractivity contribution in [1.29, 1.82) is 0 Å². The lowest BCUT2D eigenvalue weighted by Crippen LogP contribution is -2.54. The highest BCUT2D eigenvalue weighted by Gasteiger charge is 2.54. The predicted molar refractivity (Wildman–Crippen MR) is 337 cm³/mol. The van der Waals surface area contributed by atoms with Crippen LogP contribution in [0.15, 0.2) is 102 Å². The number of likely N-dealkylation sites (tertiary alicyclic amines) is 2. The van der Waals surface area contributed by atoms with Crippen molar-refractivity contribution in [2.24, 2.45) is 5.92 Å². The standard InChI is InChI=1S/C35H46N6O4S.C25H28N6O2.C3H8.C3H6/c1-23(25-5-7-26(8-6-25)33-24(2)36-22-46-33)37-34(44)30-4-3-15-41(30)32(43)21-29-20-31(38-45-29)39-16-9-27(10-17-39)35(13-14-35)40-18-11-28(42)12-19-40;26-25-22(13-21(28-29-25)20-6-1-2-7-23(20)32)30-14-17-8-9-18(15-30)31(17)16-10-11-27-24(12-16)33-19-4-3-5-19;2*1-3-2/h5-8,20,22-23,27-28,30,42H,3-4,9-19,21H2,1-2H3,(H,37,44);1-2,6-7,10-13,17-19,32H,3-5,8-9,14-15H2,(H2,26,29);3H2,1-2H3;3H,1H2,2H3. The molecule has 0 spiro atoms. The number of fused-ring (bicyclic) bond motifs is 2. The minimum absolute atomic E-state index is 0.0988. The van der Waals surface area contributed by atoms with Gasteiger partial charge in [-0.15, -0.1) is 28.1 Å². The molecule has 4 aromatic heterocycles. The highest BCUT2D eigenvalue weighted by molar-refractivity contribution is 7.13. The van der Waals surface area contributed by atoms with Gasteiger partial charge in [0.25, 0.3) is 0 Å². The highest BCUT2D eigenvalue weighted by atomic mass is 32.1. The maximum Gasteiger partial charge on any atom is 0.243 e. The maximum absolute atomic E-state index is 13.4. The average Bonchev–Trinajstić information content (AvgIpc) is 1.93. The fraction of sp³-hybridized carbons (Fsp3) is 0.530. The van der Waals surface area contributed by atoms with Crippen LogP contribution in [0.1, 0.15) is 141 Å². The van der Waals surface area contributed by atoms with Crippen molar-refractivity contribution in [3.05, 3.63) is 114 Å². The Labute approximate surface area is 505 Å². The number of benzene rings is 2. The number of rotatable bonds is 14. The number of ether oxygens (including phenoxy) is 1. The summed E-state index contributed by atoms with van der Waals surface area (Å²) < 4.78 is 11.7. The van der Waals surface area contributed by atoms with E-state index in [0.717, 1.165) is 136 Å². The quantitative estimate of drug-likeness (QED) is 0.0746. The first-order valence-electron chi connectivity index (χ1n) is 31.2. The van der Waals surface area contributed by atoms with Gasteiger partial charge >= 0.3 is 0 Å². The Morgan fingerprint density at radius 1 is 0.882 bits per heavy atom. The number of aliphatic hydroxyl groups is 1. The number of piperidine rings is 2. The van der Waals surface area contributed by atoms with E-state index in [0.29, 0.717) is 65.4 Å². The first-order valence-corrected chi connectivity index (χ1v) is 32.1. The summed E-state index contributed by atoms with van der Waals surface area (Å²) in [6.07, 6.45) is 19.0. The number of nitrogens with two attached hydrogens (primary N) is 1. The molecule has 7 fully saturated rings. The number of aromatic nitrogens is 5. The highest BCUT2D eigenvalue weighted by Crippen LogP contribution is 2.52. The number of hydrogen-bond acceptors (Lipinski definition) is 17. The van der Waals surface area contributed by atoms with E-state index >= 15 is 0 Å². The van der Waals surface area contributed by atoms with Crippen LogP contribution >= 0.6 is 11.3 Å². The molecule has 13 rings (SSSR count). The number of aliphatic hydroxyl groups excluding tert-OH is 1. The van der Waals surface area contributed by atoms with Crippen molar-refractivity contribution in [2.45, 2.75) is 173 Å². The van der Waals surface area contributed by atoms with Crippen molar-refractivity contribution < 1.29 is 29.1 Å². The smallest absolute Gasteiger partial charge is 0.243 e. The van der Waals surface area contributed by atoms with Gasteiger partial charge in [-0.05, 0) is 146 Å². The summed E-state index contributed by atoms with van der Waals surface area (Å²) in [4.78, 5) is 48.2. The van der Waals surface area contributed by atoms with Crippen LogP contribution in [-0.2, 0) is 16.0 Å². The topological polar surface area (TPSA) is 216 Å². The van der Waals surface area contributed by atoms with Gasteiger partial charge < -0.3 is 50.1 Å². The summed E-state index contributed by atoms with van der Waals surface area (Å²) in [5.41, 5.74) is 15.0. The molecule has 5 aliphatic heterocycles. The van der Waals surface area contributed by atoms with Crippen LogP contribution in [0.25, 0.3) is 21.7 Å². The molecule has 5 N–H and O–H groups in total.